The molecular formula is C23H25F6N3O6. The molecule has 38 heavy (non-hydrogen) atoms. The summed E-state index contributed by atoms with van der Waals surface area (Å²) in [6.07, 6.45) is -3.96. The van der Waals surface area contributed by atoms with Crippen molar-refractivity contribution in [1.29, 1.82) is 0 Å². The molecule has 2 N–H and O–H groups in total. The number of pyridine rings is 2. The van der Waals surface area contributed by atoms with E-state index in [1.54, 1.807) is 6.20 Å². The second-order valence-corrected chi connectivity index (χ2v) is 8.07. The van der Waals surface area contributed by atoms with E-state index in [0.29, 0.717) is 12.6 Å². The van der Waals surface area contributed by atoms with E-state index in [0.717, 1.165) is 37.5 Å². The first-order valence-corrected chi connectivity index (χ1v) is 11.2. The molecule has 15 heteroatoms. The van der Waals surface area contributed by atoms with Crippen LogP contribution in [-0.2, 0) is 32.2 Å². The van der Waals surface area contributed by atoms with E-state index < -0.39 is 24.3 Å². The highest BCUT2D eigenvalue weighted by Crippen LogP contribution is 2.32. The van der Waals surface area contributed by atoms with E-state index in [4.69, 9.17) is 29.3 Å². The Bertz CT molecular complexity index is 986. The zero-order valence-electron chi connectivity index (χ0n) is 19.7. The van der Waals surface area contributed by atoms with E-state index in [2.05, 4.69) is 20.9 Å². The normalized spacial score (nSPS) is 21.3. The fourth-order valence-electron chi connectivity index (χ4n) is 3.71. The lowest BCUT2D eigenvalue weighted by molar-refractivity contribution is -0.193. The molecule has 210 valence electrons. The molecular weight excluding hydrogens is 528 g/mol. The van der Waals surface area contributed by atoms with Crippen LogP contribution in [0.4, 0.5) is 26.3 Å². The van der Waals surface area contributed by atoms with Gasteiger partial charge in [0, 0.05) is 38.1 Å². The maximum absolute atomic E-state index is 10.6. The summed E-state index contributed by atoms with van der Waals surface area (Å²) in [5, 5.41) is 14.2. The Morgan fingerprint density at radius 1 is 0.947 bits per heavy atom. The summed E-state index contributed by atoms with van der Waals surface area (Å²) in [6, 6.07) is 12.4. The van der Waals surface area contributed by atoms with Gasteiger partial charge >= 0.3 is 24.3 Å². The van der Waals surface area contributed by atoms with Gasteiger partial charge in [0.1, 0.15) is 6.10 Å². The van der Waals surface area contributed by atoms with Gasteiger partial charge in [-0.1, -0.05) is 12.1 Å². The molecule has 2 saturated heterocycles. The highest BCUT2D eigenvalue weighted by molar-refractivity contribution is 5.73. The summed E-state index contributed by atoms with van der Waals surface area (Å²) >= 11 is 0. The first-order chi connectivity index (χ1) is 17.8. The van der Waals surface area contributed by atoms with Gasteiger partial charge in [-0.05, 0) is 37.1 Å². The fourth-order valence-corrected chi connectivity index (χ4v) is 3.71. The van der Waals surface area contributed by atoms with Crippen molar-refractivity contribution in [3.05, 3.63) is 60.2 Å². The number of alkyl halides is 6. The fraction of sp³-hybridized carbons (Fsp3) is 0.478. The highest BCUT2D eigenvalue weighted by Gasteiger charge is 2.44. The number of fused-ring (bicyclic) bond motifs is 1. The summed E-state index contributed by atoms with van der Waals surface area (Å²) in [6.45, 7) is 3.12. The average molecular weight is 553 g/mol. The van der Waals surface area contributed by atoms with Crippen LogP contribution in [0.15, 0.2) is 48.8 Å². The summed E-state index contributed by atoms with van der Waals surface area (Å²) in [5.41, 5.74) is 2.07. The number of halogens is 6. The lowest BCUT2D eigenvalue weighted by atomic mass is 10.0. The highest BCUT2D eigenvalue weighted by atomic mass is 19.4. The average Bonchev–Trinajstić information content (AvgIpc) is 3.21. The van der Waals surface area contributed by atoms with Crippen LogP contribution in [0.5, 0.6) is 0 Å². The molecule has 0 aromatic carbocycles. The van der Waals surface area contributed by atoms with Crippen LogP contribution in [0.1, 0.15) is 24.2 Å². The Morgan fingerprint density at radius 3 is 1.95 bits per heavy atom. The van der Waals surface area contributed by atoms with Crippen LogP contribution in [0.25, 0.3) is 0 Å². The Morgan fingerprint density at radius 2 is 1.47 bits per heavy atom. The molecule has 2 aliphatic rings. The number of likely N-dealkylation sites (tertiary alicyclic amines) is 1. The number of rotatable bonds is 5. The van der Waals surface area contributed by atoms with Crippen LogP contribution in [0, 0.1) is 0 Å². The number of carbonyl (C=O) groups is 2. The second-order valence-electron chi connectivity index (χ2n) is 8.07. The van der Waals surface area contributed by atoms with Crippen molar-refractivity contribution in [1.82, 2.24) is 14.9 Å². The van der Waals surface area contributed by atoms with Gasteiger partial charge in [-0.3, -0.25) is 14.9 Å². The number of carboxylic acids is 2. The third-order valence-electron chi connectivity index (χ3n) is 5.33. The molecule has 4 heterocycles. The molecule has 0 aliphatic carbocycles. The molecule has 2 aliphatic heterocycles. The number of ether oxygens (including phenoxy) is 2. The molecule has 0 amide bonds. The zero-order chi connectivity index (χ0) is 28.3. The van der Waals surface area contributed by atoms with E-state index in [1.807, 2.05) is 36.5 Å². The SMILES string of the molecule is O=C(O)C(F)(F)F.O=C(O)C(F)(F)F.c1ccc(CO[C@@H]2CN(Cc3ccccn3)[C@H]3CCCO[C@@H]23)nc1. The quantitative estimate of drug-likeness (QED) is 0.534. The van der Waals surface area contributed by atoms with Crippen molar-refractivity contribution in [3.8, 4) is 0 Å². The maximum Gasteiger partial charge on any atom is 0.490 e. The van der Waals surface area contributed by atoms with Gasteiger partial charge in [-0.25, -0.2) is 9.59 Å². The molecule has 0 bridgehead atoms. The Balaban J connectivity index is 0.000000301. The summed E-state index contributed by atoms with van der Waals surface area (Å²) in [7, 11) is 0. The number of aliphatic carboxylic acids is 2. The minimum atomic E-state index is -5.08. The largest absolute Gasteiger partial charge is 0.490 e. The van der Waals surface area contributed by atoms with Gasteiger partial charge in [0.2, 0.25) is 0 Å². The zero-order valence-corrected chi connectivity index (χ0v) is 19.7. The maximum atomic E-state index is 10.6. The van der Waals surface area contributed by atoms with Gasteiger partial charge in [-0.15, -0.1) is 0 Å². The van der Waals surface area contributed by atoms with Gasteiger partial charge < -0.3 is 19.7 Å². The van der Waals surface area contributed by atoms with Crippen molar-refractivity contribution < 1.29 is 55.6 Å². The van der Waals surface area contributed by atoms with Gasteiger partial charge in [0.15, 0.2) is 0 Å². The monoisotopic (exact) mass is 553 g/mol. The van der Waals surface area contributed by atoms with Crippen molar-refractivity contribution >= 4 is 11.9 Å². The second kappa shape index (κ2) is 14.0. The number of aromatic nitrogens is 2. The minimum absolute atomic E-state index is 0.0982. The molecule has 0 saturated carbocycles. The van der Waals surface area contributed by atoms with E-state index >= 15 is 0 Å². The summed E-state index contributed by atoms with van der Waals surface area (Å²) < 4.78 is 75.7. The lowest BCUT2D eigenvalue weighted by Crippen LogP contribution is -2.41. The molecule has 2 aromatic heterocycles. The molecule has 9 nitrogen and oxygen atoms in total. The molecule has 2 fully saturated rings. The third-order valence-corrected chi connectivity index (χ3v) is 5.33. The predicted molar refractivity (Wildman–Crippen MR) is 118 cm³/mol. The first kappa shape index (κ1) is 30.9. The molecule has 0 unspecified atom stereocenters. The van der Waals surface area contributed by atoms with Crippen molar-refractivity contribution in [2.24, 2.45) is 0 Å². The molecule has 0 spiro atoms. The van der Waals surface area contributed by atoms with E-state index in [1.165, 1.54) is 6.42 Å². The Hall–Kier alpha value is -3.30. The van der Waals surface area contributed by atoms with E-state index in [9.17, 15) is 26.3 Å². The summed E-state index contributed by atoms with van der Waals surface area (Å²) in [4.78, 5) is 29.1. The lowest BCUT2D eigenvalue weighted by Gasteiger charge is -2.32. The van der Waals surface area contributed by atoms with Crippen molar-refractivity contribution in [2.45, 2.75) is 56.6 Å². The molecule has 3 atom stereocenters. The Kier molecular flexibility index (Phi) is 11.4. The first-order valence-electron chi connectivity index (χ1n) is 11.2. The van der Waals surface area contributed by atoms with Crippen LogP contribution >= 0.6 is 0 Å². The number of carboxylic acid groups (broad SMARTS) is 2. The molecule has 4 rings (SSSR count). The summed E-state index contributed by atoms with van der Waals surface area (Å²) in [5.74, 6) is -5.51. The van der Waals surface area contributed by atoms with Crippen LogP contribution < -0.4 is 0 Å². The molecule has 0 radical (unpaired) electrons. The number of hydrogen-bond donors (Lipinski definition) is 2. The van der Waals surface area contributed by atoms with Crippen LogP contribution in [0.3, 0.4) is 0 Å². The number of nitrogens with zero attached hydrogens (tertiary/aromatic N) is 3. The van der Waals surface area contributed by atoms with Gasteiger partial charge in [0.25, 0.3) is 0 Å². The topological polar surface area (TPSA) is 122 Å². The van der Waals surface area contributed by atoms with Crippen LogP contribution in [0.2, 0.25) is 0 Å². The Labute approximate surface area is 213 Å². The smallest absolute Gasteiger partial charge is 0.475 e. The van der Waals surface area contributed by atoms with Gasteiger partial charge in [0.05, 0.1) is 24.1 Å². The van der Waals surface area contributed by atoms with Crippen molar-refractivity contribution in [3.63, 3.8) is 0 Å². The molecule has 2 aromatic rings. The minimum Gasteiger partial charge on any atom is -0.475 e. The number of hydrogen-bond acceptors (Lipinski definition) is 7. The van der Waals surface area contributed by atoms with Gasteiger partial charge in [-0.2, -0.15) is 26.3 Å². The van der Waals surface area contributed by atoms with Crippen LogP contribution in [-0.4, -0.2) is 80.8 Å². The van der Waals surface area contributed by atoms with Crippen molar-refractivity contribution in [2.75, 3.05) is 13.2 Å². The predicted octanol–water partition coefficient (Wildman–Crippen LogP) is 3.69. The standard InChI is InChI=1S/C19H23N3O2.2C2HF3O2/c1-3-9-20-15(6-1)12-22-13-18(19-17(22)8-5-11-23-19)24-14-16-7-2-4-10-21-16;2*3-2(4,5)1(6)7/h1-4,6-7,9-10,17-19H,5,8,11-14H2;2*(H,6,7)/t17-,18+,19+;;/m0../s1. The third kappa shape index (κ3) is 10.2. The van der Waals surface area contributed by atoms with E-state index in [-0.39, 0.29) is 12.2 Å².